The van der Waals surface area contributed by atoms with Gasteiger partial charge in [-0.1, -0.05) is 30.8 Å². The summed E-state index contributed by atoms with van der Waals surface area (Å²) in [7, 11) is 0. The van der Waals surface area contributed by atoms with Crippen LogP contribution in [0.4, 0.5) is 0 Å². The van der Waals surface area contributed by atoms with E-state index in [0.29, 0.717) is 6.42 Å². The lowest BCUT2D eigenvalue weighted by Gasteiger charge is -2.04. The zero-order valence-electron chi connectivity index (χ0n) is 9.98. The Kier molecular flexibility index (Phi) is 3.93. The molecule has 1 saturated carbocycles. The summed E-state index contributed by atoms with van der Waals surface area (Å²) >= 11 is 0. The van der Waals surface area contributed by atoms with Gasteiger partial charge in [0, 0.05) is 18.9 Å². The Labute approximate surface area is 96.6 Å². The molecule has 1 atom stereocenters. The molecule has 4 nitrogen and oxygen atoms in total. The van der Waals surface area contributed by atoms with Crippen molar-refractivity contribution in [3.8, 4) is 0 Å². The van der Waals surface area contributed by atoms with E-state index in [1.54, 1.807) is 0 Å². The fourth-order valence-corrected chi connectivity index (χ4v) is 2.39. The van der Waals surface area contributed by atoms with Crippen molar-refractivity contribution in [2.24, 2.45) is 11.7 Å². The highest BCUT2D eigenvalue weighted by atomic mass is 16.5. The third-order valence-corrected chi connectivity index (χ3v) is 3.26. The summed E-state index contributed by atoms with van der Waals surface area (Å²) in [6, 6.07) is 0.0975. The van der Waals surface area contributed by atoms with Crippen LogP contribution in [0.1, 0.15) is 50.7 Å². The molecule has 0 saturated heterocycles. The predicted octanol–water partition coefficient (Wildman–Crippen LogP) is 2.08. The van der Waals surface area contributed by atoms with Gasteiger partial charge in [-0.25, -0.2) is 0 Å². The van der Waals surface area contributed by atoms with Crippen molar-refractivity contribution in [1.82, 2.24) is 10.1 Å². The van der Waals surface area contributed by atoms with E-state index < -0.39 is 0 Å². The molecule has 0 radical (unpaired) electrons. The second-order valence-electron chi connectivity index (χ2n) is 4.97. The lowest BCUT2D eigenvalue weighted by molar-refractivity contribution is 0.357. The van der Waals surface area contributed by atoms with Crippen LogP contribution in [0.25, 0.3) is 0 Å². The highest BCUT2D eigenvalue weighted by molar-refractivity contribution is 4.89. The van der Waals surface area contributed by atoms with Gasteiger partial charge >= 0.3 is 0 Å². The van der Waals surface area contributed by atoms with Gasteiger partial charge in [0.1, 0.15) is 0 Å². The number of rotatable bonds is 5. The van der Waals surface area contributed by atoms with Crippen molar-refractivity contribution in [2.45, 2.75) is 57.9 Å². The molecule has 1 aromatic rings. The van der Waals surface area contributed by atoms with Gasteiger partial charge in [-0.05, 0) is 19.3 Å². The molecular formula is C12H21N3O. The number of nitrogens with two attached hydrogens (primary N) is 1. The van der Waals surface area contributed by atoms with Crippen LogP contribution >= 0.6 is 0 Å². The van der Waals surface area contributed by atoms with Crippen LogP contribution in [0.3, 0.4) is 0 Å². The molecule has 2 rings (SSSR count). The van der Waals surface area contributed by atoms with Crippen molar-refractivity contribution in [1.29, 1.82) is 0 Å². The van der Waals surface area contributed by atoms with Crippen molar-refractivity contribution < 1.29 is 4.52 Å². The third-order valence-electron chi connectivity index (χ3n) is 3.26. The average Bonchev–Trinajstić information content (AvgIpc) is 2.84. The second-order valence-corrected chi connectivity index (χ2v) is 4.97. The molecule has 1 aliphatic rings. The Morgan fingerprint density at radius 1 is 1.44 bits per heavy atom. The fourth-order valence-electron chi connectivity index (χ4n) is 2.39. The number of aryl methyl sites for hydroxylation is 1. The van der Waals surface area contributed by atoms with Gasteiger partial charge in [0.25, 0.3) is 0 Å². The maximum atomic E-state index is 5.69. The zero-order valence-corrected chi connectivity index (χ0v) is 9.98. The first-order valence-electron chi connectivity index (χ1n) is 6.31. The highest BCUT2D eigenvalue weighted by Gasteiger charge is 2.16. The minimum atomic E-state index is 0.0975. The standard InChI is InChI=1S/C12H21N3O/c1-9(13)8-11-14-12(16-15-11)7-6-10-4-2-3-5-10/h9-10H,2-8,13H2,1H3. The van der Waals surface area contributed by atoms with Gasteiger partial charge in [-0.15, -0.1) is 0 Å². The molecule has 90 valence electrons. The van der Waals surface area contributed by atoms with Crippen LogP contribution in [0, 0.1) is 5.92 Å². The van der Waals surface area contributed by atoms with Crippen LogP contribution in [0.2, 0.25) is 0 Å². The molecule has 1 unspecified atom stereocenters. The molecule has 1 aliphatic carbocycles. The first kappa shape index (κ1) is 11.6. The minimum Gasteiger partial charge on any atom is -0.339 e. The SMILES string of the molecule is CC(N)Cc1noc(CCC2CCCC2)n1. The Hall–Kier alpha value is -0.900. The van der Waals surface area contributed by atoms with E-state index in [4.69, 9.17) is 10.3 Å². The van der Waals surface area contributed by atoms with Crippen LogP contribution in [0.15, 0.2) is 4.52 Å². The van der Waals surface area contributed by atoms with Crippen LogP contribution in [-0.2, 0) is 12.8 Å². The molecule has 0 aromatic carbocycles. The lowest BCUT2D eigenvalue weighted by atomic mass is 10.0. The first-order chi connectivity index (χ1) is 7.74. The van der Waals surface area contributed by atoms with Gasteiger partial charge < -0.3 is 10.3 Å². The van der Waals surface area contributed by atoms with E-state index in [0.717, 1.165) is 24.1 Å². The minimum absolute atomic E-state index is 0.0975. The maximum absolute atomic E-state index is 5.69. The topological polar surface area (TPSA) is 64.9 Å². The molecule has 1 aromatic heterocycles. The van der Waals surface area contributed by atoms with Crippen molar-refractivity contribution >= 4 is 0 Å². The molecule has 2 N–H and O–H groups in total. The second kappa shape index (κ2) is 5.43. The molecule has 0 aliphatic heterocycles. The fraction of sp³-hybridized carbons (Fsp3) is 0.833. The lowest BCUT2D eigenvalue weighted by Crippen LogP contribution is -2.18. The molecule has 16 heavy (non-hydrogen) atoms. The van der Waals surface area contributed by atoms with E-state index in [2.05, 4.69) is 10.1 Å². The highest BCUT2D eigenvalue weighted by Crippen LogP contribution is 2.28. The van der Waals surface area contributed by atoms with E-state index in [9.17, 15) is 0 Å². The third kappa shape index (κ3) is 3.30. The molecule has 0 amide bonds. The Morgan fingerprint density at radius 2 is 2.19 bits per heavy atom. The summed E-state index contributed by atoms with van der Waals surface area (Å²) in [5.41, 5.74) is 5.69. The molecule has 0 spiro atoms. The monoisotopic (exact) mass is 223 g/mol. The molecule has 1 fully saturated rings. The van der Waals surface area contributed by atoms with E-state index in [1.807, 2.05) is 6.92 Å². The largest absolute Gasteiger partial charge is 0.339 e. The Bertz CT molecular complexity index is 316. The van der Waals surface area contributed by atoms with E-state index >= 15 is 0 Å². The summed E-state index contributed by atoms with van der Waals surface area (Å²) in [6.07, 6.45) is 8.36. The van der Waals surface area contributed by atoms with Gasteiger partial charge in [0.2, 0.25) is 5.89 Å². The van der Waals surface area contributed by atoms with Crippen molar-refractivity contribution in [3.05, 3.63) is 11.7 Å². The summed E-state index contributed by atoms with van der Waals surface area (Å²) in [6.45, 7) is 1.95. The summed E-state index contributed by atoms with van der Waals surface area (Å²) in [5, 5.41) is 3.94. The number of hydrogen-bond donors (Lipinski definition) is 1. The van der Waals surface area contributed by atoms with Gasteiger partial charge in [0.15, 0.2) is 5.82 Å². The maximum Gasteiger partial charge on any atom is 0.226 e. The van der Waals surface area contributed by atoms with Crippen molar-refractivity contribution in [2.75, 3.05) is 0 Å². The molecular weight excluding hydrogens is 202 g/mol. The average molecular weight is 223 g/mol. The zero-order chi connectivity index (χ0) is 11.4. The Balaban J connectivity index is 1.78. The normalized spacial score (nSPS) is 19.1. The summed E-state index contributed by atoms with van der Waals surface area (Å²) in [5.74, 6) is 2.41. The van der Waals surface area contributed by atoms with Crippen LogP contribution in [-0.4, -0.2) is 16.2 Å². The van der Waals surface area contributed by atoms with E-state index in [-0.39, 0.29) is 6.04 Å². The molecule has 1 heterocycles. The van der Waals surface area contributed by atoms with Gasteiger partial charge in [-0.3, -0.25) is 0 Å². The molecule has 4 heteroatoms. The van der Waals surface area contributed by atoms with Crippen LogP contribution in [0.5, 0.6) is 0 Å². The quantitative estimate of drug-likeness (QED) is 0.830. The smallest absolute Gasteiger partial charge is 0.226 e. The Morgan fingerprint density at radius 3 is 2.88 bits per heavy atom. The first-order valence-corrected chi connectivity index (χ1v) is 6.31. The number of hydrogen-bond acceptors (Lipinski definition) is 4. The van der Waals surface area contributed by atoms with Crippen molar-refractivity contribution in [3.63, 3.8) is 0 Å². The number of nitrogens with zero attached hydrogens (tertiary/aromatic N) is 2. The van der Waals surface area contributed by atoms with E-state index in [1.165, 1.54) is 32.1 Å². The summed E-state index contributed by atoms with van der Waals surface area (Å²) in [4.78, 5) is 4.35. The van der Waals surface area contributed by atoms with Crippen LogP contribution < -0.4 is 5.73 Å². The molecule has 0 bridgehead atoms. The predicted molar refractivity (Wildman–Crippen MR) is 61.9 cm³/mol. The summed E-state index contributed by atoms with van der Waals surface area (Å²) < 4.78 is 5.21. The van der Waals surface area contributed by atoms with Gasteiger partial charge in [-0.2, -0.15) is 4.98 Å². The van der Waals surface area contributed by atoms with Gasteiger partial charge in [0.05, 0.1) is 0 Å². The number of aromatic nitrogens is 2.